The molecule has 0 radical (unpaired) electrons. The van der Waals surface area contributed by atoms with Crippen molar-refractivity contribution in [3.05, 3.63) is 107 Å². The lowest BCUT2D eigenvalue weighted by Gasteiger charge is -2.29. The number of para-hydroxylation sites is 2. The Bertz CT molecular complexity index is 1480. The van der Waals surface area contributed by atoms with E-state index in [-0.39, 0.29) is 5.91 Å². The Morgan fingerprint density at radius 3 is 2.49 bits per heavy atom. The van der Waals surface area contributed by atoms with Crippen molar-refractivity contribution in [2.24, 2.45) is 0 Å². The molecule has 2 heterocycles. The maximum atomic E-state index is 13.9. The van der Waals surface area contributed by atoms with Crippen LogP contribution in [0.5, 0.6) is 5.75 Å². The largest absolute Gasteiger partial charge is 0.492 e. The van der Waals surface area contributed by atoms with Crippen LogP contribution >= 0.6 is 11.8 Å². The van der Waals surface area contributed by atoms with Crippen LogP contribution in [-0.2, 0) is 10.5 Å². The number of hydrogen-bond donors (Lipinski definition) is 2. The zero-order valence-electron chi connectivity index (χ0n) is 22.6. The van der Waals surface area contributed by atoms with Gasteiger partial charge in [0.1, 0.15) is 11.8 Å². The SMILES string of the molecule is CCOc1ccccc1NC(=O)C1=C(C)Nc2nc(SCc3ccccc3)nn2C1c1ccc(C(C)C)cc1. The molecule has 0 fully saturated rings. The first-order valence-corrected chi connectivity index (χ1v) is 14.2. The molecule has 1 aliphatic heterocycles. The van der Waals surface area contributed by atoms with Crippen LogP contribution in [0.15, 0.2) is 95.3 Å². The fraction of sp³-hybridized carbons (Fsp3) is 0.258. The number of aromatic nitrogens is 3. The number of thioether (sulfide) groups is 1. The summed E-state index contributed by atoms with van der Waals surface area (Å²) in [7, 11) is 0. The van der Waals surface area contributed by atoms with Gasteiger partial charge in [0, 0.05) is 11.4 Å². The predicted octanol–water partition coefficient (Wildman–Crippen LogP) is 7.02. The molecule has 5 rings (SSSR count). The van der Waals surface area contributed by atoms with E-state index < -0.39 is 6.04 Å². The third-order valence-electron chi connectivity index (χ3n) is 6.64. The lowest BCUT2D eigenvalue weighted by atomic mass is 9.92. The molecule has 0 saturated heterocycles. The number of nitrogens with one attached hydrogen (secondary N) is 2. The molecule has 39 heavy (non-hydrogen) atoms. The molecule has 4 aromatic rings. The smallest absolute Gasteiger partial charge is 0.255 e. The second-order valence-corrected chi connectivity index (χ2v) is 10.7. The number of allylic oxidation sites excluding steroid dienone is 1. The van der Waals surface area contributed by atoms with Crippen LogP contribution in [0, 0.1) is 0 Å². The van der Waals surface area contributed by atoms with E-state index >= 15 is 0 Å². The molecule has 0 aliphatic carbocycles. The number of carbonyl (C=O) groups is 1. The van der Waals surface area contributed by atoms with Crippen LogP contribution in [0.2, 0.25) is 0 Å². The number of ether oxygens (including phenoxy) is 1. The molecule has 7 nitrogen and oxygen atoms in total. The van der Waals surface area contributed by atoms with E-state index in [2.05, 4.69) is 60.9 Å². The minimum atomic E-state index is -0.444. The van der Waals surface area contributed by atoms with Crippen molar-refractivity contribution < 1.29 is 9.53 Å². The Kier molecular flexibility index (Phi) is 8.02. The summed E-state index contributed by atoms with van der Waals surface area (Å²) in [5, 5.41) is 11.9. The van der Waals surface area contributed by atoms with Crippen molar-refractivity contribution in [1.29, 1.82) is 0 Å². The van der Waals surface area contributed by atoms with E-state index in [1.54, 1.807) is 11.8 Å². The molecule has 1 amide bonds. The average molecular weight is 540 g/mol. The van der Waals surface area contributed by atoms with Crippen molar-refractivity contribution in [1.82, 2.24) is 14.8 Å². The van der Waals surface area contributed by atoms with Crippen LogP contribution in [0.4, 0.5) is 11.6 Å². The molecule has 0 bridgehead atoms. The van der Waals surface area contributed by atoms with Crippen LogP contribution < -0.4 is 15.4 Å². The molecule has 1 aromatic heterocycles. The number of amides is 1. The molecule has 0 spiro atoms. The summed E-state index contributed by atoms with van der Waals surface area (Å²) in [5.74, 6) is 2.20. The highest BCUT2D eigenvalue weighted by Crippen LogP contribution is 2.38. The molecule has 1 unspecified atom stereocenters. The highest BCUT2D eigenvalue weighted by atomic mass is 32.2. The van der Waals surface area contributed by atoms with Gasteiger partial charge in [-0.3, -0.25) is 4.79 Å². The molecule has 1 aliphatic rings. The van der Waals surface area contributed by atoms with Gasteiger partial charge in [0.15, 0.2) is 0 Å². The van der Waals surface area contributed by atoms with Gasteiger partial charge in [0.05, 0.1) is 17.9 Å². The van der Waals surface area contributed by atoms with E-state index in [1.807, 2.05) is 61.0 Å². The van der Waals surface area contributed by atoms with Gasteiger partial charge in [0.25, 0.3) is 5.91 Å². The summed E-state index contributed by atoms with van der Waals surface area (Å²) in [6.45, 7) is 8.68. The average Bonchev–Trinajstić information content (AvgIpc) is 3.35. The minimum absolute atomic E-state index is 0.218. The van der Waals surface area contributed by atoms with Gasteiger partial charge in [0.2, 0.25) is 11.1 Å². The summed E-state index contributed by atoms with van der Waals surface area (Å²) < 4.78 is 7.57. The molecule has 8 heteroatoms. The molecule has 1 atom stereocenters. The topological polar surface area (TPSA) is 81.1 Å². The number of hydrogen-bond acceptors (Lipinski definition) is 6. The van der Waals surface area contributed by atoms with Gasteiger partial charge in [-0.1, -0.05) is 92.3 Å². The van der Waals surface area contributed by atoms with Gasteiger partial charge in [-0.05, 0) is 48.6 Å². The Balaban J connectivity index is 1.50. The Morgan fingerprint density at radius 1 is 1.05 bits per heavy atom. The van der Waals surface area contributed by atoms with Crippen LogP contribution in [0.25, 0.3) is 0 Å². The van der Waals surface area contributed by atoms with Crippen molar-refractivity contribution >= 4 is 29.3 Å². The van der Waals surface area contributed by atoms with Gasteiger partial charge in [-0.15, -0.1) is 5.10 Å². The standard InChI is InChI=1S/C31H33N5O2S/c1-5-38-26-14-10-9-13-25(26)33-29(37)27-21(4)32-30-34-31(39-19-22-11-7-6-8-12-22)35-36(30)28(27)24-17-15-23(16-18-24)20(2)3/h6-18,20,28H,5,19H2,1-4H3,(H,33,37)(H,32,34,35). The maximum Gasteiger partial charge on any atom is 0.255 e. The number of nitrogens with zero attached hydrogens (tertiary/aromatic N) is 3. The maximum absolute atomic E-state index is 13.9. The number of fused-ring (bicyclic) bond motifs is 1. The first-order chi connectivity index (χ1) is 18.9. The summed E-state index contributed by atoms with van der Waals surface area (Å²) in [4.78, 5) is 18.7. The van der Waals surface area contributed by atoms with Crippen molar-refractivity contribution in [3.8, 4) is 5.75 Å². The quantitative estimate of drug-likeness (QED) is 0.223. The zero-order valence-corrected chi connectivity index (χ0v) is 23.5. The van der Waals surface area contributed by atoms with Crippen molar-refractivity contribution in [2.75, 3.05) is 17.2 Å². The Hall–Kier alpha value is -4.04. The fourth-order valence-electron chi connectivity index (χ4n) is 4.62. The summed E-state index contributed by atoms with van der Waals surface area (Å²) in [5.41, 5.74) is 5.35. The summed E-state index contributed by atoms with van der Waals surface area (Å²) in [6.07, 6.45) is 0. The lowest BCUT2D eigenvalue weighted by Crippen LogP contribution is -2.31. The van der Waals surface area contributed by atoms with Crippen LogP contribution in [0.1, 0.15) is 56.3 Å². The molecule has 3 aromatic carbocycles. The molecular formula is C31H33N5O2S. The highest BCUT2D eigenvalue weighted by Gasteiger charge is 2.34. The van der Waals surface area contributed by atoms with E-state index in [9.17, 15) is 4.79 Å². The monoisotopic (exact) mass is 539 g/mol. The third-order valence-corrected chi connectivity index (χ3v) is 7.55. The number of anilines is 2. The fourth-order valence-corrected chi connectivity index (χ4v) is 5.41. The minimum Gasteiger partial charge on any atom is -0.492 e. The van der Waals surface area contributed by atoms with Crippen molar-refractivity contribution in [3.63, 3.8) is 0 Å². The lowest BCUT2D eigenvalue weighted by molar-refractivity contribution is -0.113. The van der Waals surface area contributed by atoms with Gasteiger partial charge < -0.3 is 15.4 Å². The first-order valence-electron chi connectivity index (χ1n) is 13.2. The van der Waals surface area contributed by atoms with E-state index in [4.69, 9.17) is 14.8 Å². The molecule has 0 saturated carbocycles. The Labute approximate surface area is 233 Å². The Morgan fingerprint density at radius 2 is 1.77 bits per heavy atom. The number of rotatable bonds is 9. The van der Waals surface area contributed by atoms with E-state index in [0.29, 0.717) is 40.6 Å². The highest BCUT2D eigenvalue weighted by molar-refractivity contribution is 7.98. The number of benzene rings is 3. The van der Waals surface area contributed by atoms with Crippen LogP contribution in [-0.4, -0.2) is 27.3 Å². The second-order valence-electron chi connectivity index (χ2n) is 9.71. The van der Waals surface area contributed by atoms with E-state index in [0.717, 1.165) is 17.0 Å². The second kappa shape index (κ2) is 11.8. The zero-order chi connectivity index (χ0) is 27.4. The summed E-state index contributed by atoms with van der Waals surface area (Å²) >= 11 is 1.57. The number of carbonyl (C=O) groups excluding carboxylic acids is 1. The first kappa shape index (κ1) is 26.6. The predicted molar refractivity (Wildman–Crippen MR) is 157 cm³/mol. The van der Waals surface area contributed by atoms with Gasteiger partial charge >= 0.3 is 0 Å². The molecular weight excluding hydrogens is 506 g/mol. The van der Waals surface area contributed by atoms with Gasteiger partial charge in [-0.25, -0.2) is 4.68 Å². The molecule has 2 N–H and O–H groups in total. The molecule has 200 valence electrons. The normalized spacial score (nSPS) is 14.6. The van der Waals surface area contributed by atoms with E-state index in [1.165, 1.54) is 11.1 Å². The van der Waals surface area contributed by atoms with Gasteiger partial charge in [-0.2, -0.15) is 4.98 Å². The van der Waals surface area contributed by atoms with Crippen LogP contribution in [0.3, 0.4) is 0 Å². The van der Waals surface area contributed by atoms with Crippen molar-refractivity contribution in [2.45, 2.75) is 50.6 Å². The third kappa shape index (κ3) is 5.86. The summed E-state index contributed by atoms with van der Waals surface area (Å²) in [6, 6.07) is 25.7.